The van der Waals surface area contributed by atoms with Crippen LogP contribution in [0.1, 0.15) is 65.5 Å². The van der Waals surface area contributed by atoms with Crippen molar-refractivity contribution in [1.29, 1.82) is 0 Å². The maximum absolute atomic E-state index is 2.43. The topological polar surface area (TPSA) is 0 Å². The third kappa shape index (κ3) is 4.06. The summed E-state index contributed by atoms with van der Waals surface area (Å²) in [5.41, 5.74) is 6.29. The maximum atomic E-state index is 2.43. The number of piperidine rings is 1. The Morgan fingerprint density at radius 3 is 1.50 bits per heavy atom. The molecule has 3 rings (SSSR count). The zero-order valence-electron chi connectivity index (χ0n) is 19.4. The molecule has 2 aromatic carbocycles. The summed E-state index contributed by atoms with van der Waals surface area (Å²) in [5, 5.41) is 0. The van der Waals surface area contributed by atoms with Crippen molar-refractivity contribution in [2.75, 3.05) is 27.2 Å². The molecule has 1 saturated heterocycles. The predicted octanol–water partition coefficient (Wildman–Crippen LogP) is 6.81. The molecule has 152 valence electrons. The van der Waals surface area contributed by atoms with Gasteiger partial charge in [-0.25, -0.2) is 0 Å². The Hall–Kier alpha value is -1.60. The molecule has 1 nitrogen and oxygen atoms in total. The lowest BCUT2D eigenvalue weighted by molar-refractivity contribution is -0.897. The molecule has 1 heterocycles. The van der Waals surface area contributed by atoms with Gasteiger partial charge in [0.25, 0.3) is 0 Å². The van der Waals surface area contributed by atoms with Crippen LogP contribution in [0.2, 0.25) is 0 Å². The van der Waals surface area contributed by atoms with Crippen molar-refractivity contribution in [3.05, 3.63) is 59.7 Å². The first-order valence-electron chi connectivity index (χ1n) is 10.9. The highest BCUT2D eigenvalue weighted by molar-refractivity contribution is 5.64. The number of quaternary nitrogens is 1. The van der Waals surface area contributed by atoms with Gasteiger partial charge in [0, 0.05) is 18.3 Å². The molecule has 0 aromatic heterocycles. The number of likely N-dealkylation sites (tertiary alicyclic amines) is 1. The first kappa shape index (κ1) is 21.1. The summed E-state index contributed by atoms with van der Waals surface area (Å²) < 4.78 is 1.15. The first-order chi connectivity index (χ1) is 12.8. The molecule has 1 heteroatoms. The molecule has 1 fully saturated rings. The second kappa shape index (κ2) is 7.02. The minimum Gasteiger partial charge on any atom is -0.328 e. The summed E-state index contributed by atoms with van der Waals surface area (Å²) in [7, 11) is 4.74. The van der Waals surface area contributed by atoms with Gasteiger partial charge in [-0.05, 0) is 33.1 Å². The van der Waals surface area contributed by atoms with Gasteiger partial charge in [-0.3, -0.25) is 0 Å². The van der Waals surface area contributed by atoms with Crippen molar-refractivity contribution in [2.24, 2.45) is 5.41 Å². The van der Waals surface area contributed by atoms with Gasteiger partial charge in [0.1, 0.15) is 0 Å². The smallest absolute Gasteiger partial charge is 0.0791 e. The Labute approximate surface area is 173 Å². The Balaban J connectivity index is 1.90. The molecule has 2 aromatic rings. The second-order valence-corrected chi connectivity index (χ2v) is 11.6. The first-order valence-corrected chi connectivity index (χ1v) is 10.9. The molecule has 0 N–H and O–H groups in total. The van der Waals surface area contributed by atoms with Gasteiger partial charge >= 0.3 is 0 Å². The average molecular weight is 379 g/mol. The van der Waals surface area contributed by atoms with Gasteiger partial charge in [0.05, 0.1) is 27.2 Å². The van der Waals surface area contributed by atoms with E-state index in [-0.39, 0.29) is 16.2 Å². The molecule has 0 spiro atoms. The van der Waals surface area contributed by atoms with Crippen LogP contribution >= 0.6 is 0 Å². The highest BCUT2D eigenvalue weighted by Crippen LogP contribution is 2.49. The van der Waals surface area contributed by atoms with Crippen LogP contribution in [0, 0.1) is 5.41 Å². The van der Waals surface area contributed by atoms with Crippen molar-refractivity contribution in [3.8, 4) is 11.1 Å². The van der Waals surface area contributed by atoms with Crippen LogP contribution in [0.25, 0.3) is 11.1 Å². The number of nitrogens with zero attached hydrogens (tertiary/aromatic N) is 1. The van der Waals surface area contributed by atoms with Crippen LogP contribution in [0.5, 0.6) is 0 Å². The third-order valence-corrected chi connectivity index (χ3v) is 7.25. The SMILES string of the molecule is CC(C)(C)c1ccc(-c2ccc(C3(C(C)(C)C)CC[N+](C)(C)CC3)cc2)cc1. The molecule has 0 radical (unpaired) electrons. The van der Waals surface area contributed by atoms with Crippen molar-refractivity contribution >= 4 is 0 Å². The molecule has 0 atom stereocenters. The highest BCUT2D eigenvalue weighted by Gasteiger charge is 2.48. The fraction of sp³-hybridized carbons (Fsp3) is 0.556. The fourth-order valence-electron chi connectivity index (χ4n) is 4.84. The zero-order chi connectivity index (χ0) is 20.8. The van der Waals surface area contributed by atoms with E-state index in [2.05, 4.69) is 104 Å². The van der Waals surface area contributed by atoms with E-state index < -0.39 is 0 Å². The van der Waals surface area contributed by atoms with Gasteiger partial charge in [0.2, 0.25) is 0 Å². The Bertz CT molecular complexity index is 785. The maximum Gasteiger partial charge on any atom is 0.0791 e. The highest BCUT2D eigenvalue weighted by atomic mass is 15.3. The summed E-state index contributed by atoms with van der Waals surface area (Å²) in [6.45, 7) is 16.6. The Morgan fingerprint density at radius 2 is 1.11 bits per heavy atom. The number of hydrogen-bond donors (Lipinski definition) is 0. The third-order valence-electron chi connectivity index (χ3n) is 7.25. The number of rotatable bonds is 2. The van der Waals surface area contributed by atoms with E-state index in [9.17, 15) is 0 Å². The Kier molecular flexibility index (Phi) is 5.30. The van der Waals surface area contributed by atoms with Crippen molar-refractivity contribution in [3.63, 3.8) is 0 Å². The quantitative estimate of drug-likeness (QED) is 0.504. The lowest BCUT2D eigenvalue weighted by Gasteiger charge is -2.51. The predicted molar refractivity (Wildman–Crippen MR) is 123 cm³/mol. The summed E-state index contributed by atoms with van der Waals surface area (Å²) in [4.78, 5) is 0. The molecule has 0 aliphatic carbocycles. The average Bonchev–Trinajstić information content (AvgIpc) is 2.60. The molecule has 0 amide bonds. The minimum absolute atomic E-state index is 0.203. The number of benzene rings is 2. The summed E-state index contributed by atoms with van der Waals surface area (Å²) in [5.74, 6) is 0. The Morgan fingerprint density at radius 1 is 0.679 bits per heavy atom. The van der Waals surface area contributed by atoms with Gasteiger partial charge < -0.3 is 4.48 Å². The fourth-order valence-corrected chi connectivity index (χ4v) is 4.84. The van der Waals surface area contributed by atoms with E-state index in [0.717, 1.165) is 4.48 Å². The van der Waals surface area contributed by atoms with Crippen LogP contribution < -0.4 is 0 Å². The van der Waals surface area contributed by atoms with Gasteiger partial charge in [0.15, 0.2) is 0 Å². The lowest BCUT2D eigenvalue weighted by Crippen LogP contribution is -2.55. The summed E-state index contributed by atoms with van der Waals surface area (Å²) in [6.07, 6.45) is 2.53. The van der Waals surface area contributed by atoms with Crippen LogP contribution in [0.3, 0.4) is 0 Å². The van der Waals surface area contributed by atoms with E-state index in [1.54, 1.807) is 0 Å². The monoisotopic (exact) mass is 378 g/mol. The van der Waals surface area contributed by atoms with Gasteiger partial charge in [-0.1, -0.05) is 90.1 Å². The molecular weight excluding hydrogens is 338 g/mol. The van der Waals surface area contributed by atoms with Crippen molar-refractivity contribution in [2.45, 2.75) is 65.2 Å². The van der Waals surface area contributed by atoms with Gasteiger partial charge in [-0.2, -0.15) is 0 Å². The minimum atomic E-state index is 0.203. The normalized spacial score (nSPS) is 19.4. The van der Waals surface area contributed by atoms with Crippen molar-refractivity contribution in [1.82, 2.24) is 0 Å². The summed E-state index contributed by atoms with van der Waals surface area (Å²) in [6, 6.07) is 18.6. The molecule has 0 unspecified atom stereocenters. The molecule has 28 heavy (non-hydrogen) atoms. The van der Waals surface area contributed by atoms with E-state index in [0.29, 0.717) is 0 Å². The molecule has 0 bridgehead atoms. The largest absolute Gasteiger partial charge is 0.328 e. The van der Waals surface area contributed by atoms with Crippen LogP contribution in [0.15, 0.2) is 48.5 Å². The second-order valence-electron chi connectivity index (χ2n) is 11.6. The van der Waals surface area contributed by atoms with E-state index >= 15 is 0 Å². The standard InChI is InChI=1S/C27H40N/c1-25(2,3)23-13-9-21(10-14-23)22-11-15-24(16-12-22)27(26(4,5)6)17-19-28(7,8)20-18-27/h9-16H,17-20H2,1-8H3/q+1. The zero-order valence-corrected chi connectivity index (χ0v) is 19.4. The van der Waals surface area contributed by atoms with Crippen LogP contribution in [-0.2, 0) is 10.8 Å². The van der Waals surface area contributed by atoms with Crippen LogP contribution in [0.4, 0.5) is 0 Å². The van der Waals surface area contributed by atoms with E-state index in [4.69, 9.17) is 0 Å². The summed E-state index contributed by atoms with van der Waals surface area (Å²) >= 11 is 0. The van der Waals surface area contributed by atoms with Crippen molar-refractivity contribution < 1.29 is 4.48 Å². The lowest BCUT2D eigenvalue weighted by atomic mass is 9.58. The van der Waals surface area contributed by atoms with Crippen LogP contribution in [-0.4, -0.2) is 31.7 Å². The van der Waals surface area contributed by atoms with Gasteiger partial charge in [-0.15, -0.1) is 0 Å². The van der Waals surface area contributed by atoms with E-state index in [1.165, 1.54) is 48.2 Å². The molecule has 1 aliphatic rings. The molecule has 1 aliphatic heterocycles. The number of hydrogen-bond acceptors (Lipinski definition) is 0. The van der Waals surface area contributed by atoms with E-state index in [1.807, 2.05) is 0 Å². The molecular formula is C27H40N+. The molecule has 0 saturated carbocycles.